The number of benzene rings is 1. The molecule has 0 aliphatic carbocycles. The van der Waals surface area contributed by atoms with Crippen LogP contribution in [0, 0.1) is 5.82 Å². The third-order valence-corrected chi connectivity index (χ3v) is 6.44. The smallest absolute Gasteiger partial charge is 0.222 e. The van der Waals surface area contributed by atoms with Crippen LogP contribution >= 0.6 is 0 Å². The van der Waals surface area contributed by atoms with E-state index < -0.39 is 0 Å². The van der Waals surface area contributed by atoms with Gasteiger partial charge in [-0.05, 0) is 37.0 Å². The Morgan fingerprint density at radius 1 is 1.16 bits per heavy atom. The van der Waals surface area contributed by atoms with Gasteiger partial charge in [0.2, 0.25) is 11.8 Å². The lowest BCUT2D eigenvalue weighted by Crippen LogP contribution is -2.35. The van der Waals surface area contributed by atoms with Gasteiger partial charge in [0.1, 0.15) is 17.5 Å². The fourth-order valence-corrected chi connectivity index (χ4v) is 4.54. The molecule has 170 valence electrons. The maximum atomic E-state index is 13.0. The Labute approximate surface area is 188 Å². The van der Waals surface area contributed by atoms with Gasteiger partial charge in [-0.25, -0.2) is 14.4 Å². The molecule has 8 heteroatoms. The summed E-state index contributed by atoms with van der Waals surface area (Å²) in [6.07, 6.45) is 3.57. The van der Waals surface area contributed by atoms with E-state index in [1.165, 1.54) is 12.1 Å². The second-order valence-electron chi connectivity index (χ2n) is 8.60. The summed E-state index contributed by atoms with van der Waals surface area (Å²) in [6.45, 7) is 4.14. The molecule has 2 aliphatic rings. The van der Waals surface area contributed by atoms with Gasteiger partial charge in [-0.3, -0.25) is 9.59 Å². The second kappa shape index (κ2) is 9.63. The molecule has 1 N–H and O–H groups in total. The number of aryl methyl sites for hydroxylation is 1. The molecule has 7 nitrogen and oxygen atoms in total. The van der Waals surface area contributed by atoms with E-state index in [9.17, 15) is 14.0 Å². The van der Waals surface area contributed by atoms with Crippen LogP contribution in [0.25, 0.3) is 0 Å². The predicted octanol–water partition coefficient (Wildman–Crippen LogP) is 2.90. The SMILES string of the molecule is CNc1nc([C@H]2CCN(C(=O)CCCc3ccc(F)cc3)C2)nc2c1CN(C(C)=O)CC2. The average molecular weight is 440 g/mol. The fourth-order valence-electron chi connectivity index (χ4n) is 4.54. The molecule has 2 amide bonds. The van der Waals surface area contributed by atoms with Crippen molar-refractivity contribution in [3.63, 3.8) is 0 Å². The topological polar surface area (TPSA) is 78.4 Å². The molecule has 2 aliphatic heterocycles. The van der Waals surface area contributed by atoms with Crippen molar-refractivity contribution >= 4 is 17.6 Å². The Balaban J connectivity index is 1.36. The highest BCUT2D eigenvalue weighted by atomic mass is 19.1. The van der Waals surface area contributed by atoms with Crippen LogP contribution in [-0.2, 0) is 29.0 Å². The molecule has 1 fully saturated rings. The van der Waals surface area contributed by atoms with Crippen molar-refractivity contribution in [2.24, 2.45) is 0 Å². The molecule has 4 rings (SSSR count). The van der Waals surface area contributed by atoms with Crippen LogP contribution in [0.4, 0.5) is 10.2 Å². The minimum absolute atomic E-state index is 0.0613. The van der Waals surface area contributed by atoms with Crippen LogP contribution in [0.2, 0.25) is 0 Å². The maximum Gasteiger partial charge on any atom is 0.222 e. The van der Waals surface area contributed by atoms with Gasteiger partial charge in [0.25, 0.3) is 0 Å². The van der Waals surface area contributed by atoms with Crippen molar-refractivity contribution in [2.75, 3.05) is 32.0 Å². The van der Waals surface area contributed by atoms with Crippen LogP contribution in [0.5, 0.6) is 0 Å². The summed E-state index contributed by atoms with van der Waals surface area (Å²) >= 11 is 0. The summed E-state index contributed by atoms with van der Waals surface area (Å²) in [5.74, 6) is 1.66. The molecule has 2 aromatic rings. The van der Waals surface area contributed by atoms with Gasteiger partial charge in [0.15, 0.2) is 0 Å². The minimum Gasteiger partial charge on any atom is -0.373 e. The third kappa shape index (κ3) is 4.89. The molecule has 1 aromatic heterocycles. The first kappa shape index (κ1) is 22.2. The summed E-state index contributed by atoms with van der Waals surface area (Å²) in [6, 6.07) is 6.46. The van der Waals surface area contributed by atoms with Crippen molar-refractivity contribution in [3.8, 4) is 0 Å². The zero-order valence-electron chi connectivity index (χ0n) is 18.7. The number of carbonyl (C=O) groups excluding carboxylic acids is 2. The number of carbonyl (C=O) groups is 2. The molecule has 32 heavy (non-hydrogen) atoms. The number of aromatic nitrogens is 2. The summed E-state index contributed by atoms with van der Waals surface area (Å²) in [7, 11) is 1.84. The van der Waals surface area contributed by atoms with Crippen molar-refractivity contribution in [1.82, 2.24) is 19.8 Å². The second-order valence-corrected chi connectivity index (χ2v) is 8.60. The van der Waals surface area contributed by atoms with Crippen molar-refractivity contribution in [2.45, 2.75) is 51.5 Å². The van der Waals surface area contributed by atoms with Crippen LogP contribution < -0.4 is 5.32 Å². The fraction of sp³-hybridized carbons (Fsp3) is 0.500. The van der Waals surface area contributed by atoms with Gasteiger partial charge in [-0.15, -0.1) is 0 Å². The van der Waals surface area contributed by atoms with Crippen LogP contribution in [0.15, 0.2) is 24.3 Å². The average Bonchev–Trinajstić information content (AvgIpc) is 3.29. The number of nitrogens with zero attached hydrogens (tertiary/aromatic N) is 4. The number of likely N-dealkylation sites (tertiary alicyclic amines) is 1. The molecule has 1 aromatic carbocycles. The zero-order valence-corrected chi connectivity index (χ0v) is 18.7. The Bertz CT molecular complexity index is 977. The molecule has 0 radical (unpaired) electrons. The lowest BCUT2D eigenvalue weighted by molar-refractivity contribution is -0.130. The van der Waals surface area contributed by atoms with E-state index in [0.29, 0.717) is 32.6 Å². The van der Waals surface area contributed by atoms with E-state index >= 15 is 0 Å². The number of nitrogens with one attached hydrogen (secondary N) is 1. The maximum absolute atomic E-state index is 13.0. The summed E-state index contributed by atoms with van der Waals surface area (Å²) < 4.78 is 13.0. The Hall–Kier alpha value is -3.03. The Morgan fingerprint density at radius 3 is 2.66 bits per heavy atom. The molecule has 1 saturated heterocycles. The highest BCUT2D eigenvalue weighted by Crippen LogP contribution is 2.30. The molecule has 3 heterocycles. The number of hydrogen-bond acceptors (Lipinski definition) is 5. The molecule has 1 atom stereocenters. The highest BCUT2D eigenvalue weighted by Gasteiger charge is 2.31. The van der Waals surface area contributed by atoms with Gasteiger partial charge >= 0.3 is 0 Å². The number of amides is 2. The van der Waals surface area contributed by atoms with Gasteiger partial charge < -0.3 is 15.1 Å². The molecular weight excluding hydrogens is 409 g/mol. The lowest BCUT2D eigenvalue weighted by Gasteiger charge is -2.29. The number of halogens is 1. The number of fused-ring (bicyclic) bond motifs is 1. The summed E-state index contributed by atoms with van der Waals surface area (Å²) in [4.78, 5) is 37.8. The number of hydrogen-bond donors (Lipinski definition) is 1. The van der Waals surface area contributed by atoms with E-state index in [2.05, 4.69) is 5.32 Å². The van der Waals surface area contributed by atoms with Crippen molar-refractivity contribution < 1.29 is 14.0 Å². The van der Waals surface area contributed by atoms with Gasteiger partial charge in [-0.2, -0.15) is 0 Å². The molecule has 0 bridgehead atoms. The quantitative estimate of drug-likeness (QED) is 0.749. The van der Waals surface area contributed by atoms with Gasteiger partial charge in [0.05, 0.1) is 12.2 Å². The zero-order chi connectivity index (χ0) is 22.7. The first-order valence-electron chi connectivity index (χ1n) is 11.3. The monoisotopic (exact) mass is 439 g/mol. The number of rotatable bonds is 6. The number of anilines is 1. The molecule has 0 saturated carbocycles. The van der Waals surface area contributed by atoms with Gasteiger partial charge in [-0.1, -0.05) is 12.1 Å². The summed E-state index contributed by atoms with van der Waals surface area (Å²) in [5.41, 5.74) is 3.04. The van der Waals surface area contributed by atoms with E-state index in [0.717, 1.165) is 54.1 Å². The van der Waals surface area contributed by atoms with Crippen molar-refractivity contribution in [1.29, 1.82) is 0 Å². The summed E-state index contributed by atoms with van der Waals surface area (Å²) in [5, 5.41) is 3.17. The van der Waals surface area contributed by atoms with E-state index in [1.54, 1.807) is 19.1 Å². The molecule has 0 spiro atoms. The largest absolute Gasteiger partial charge is 0.373 e. The predicted molar refractivity (Wildman–Crippen MR) is 120 cm³/mol. The molecular formula is C24H30FN5O2. The van der Waals surface area contributed by atoms with Gasteiger partial charge in [0, 0.05) is 57.9 Å². The van der Waals surface area contributed by atoms with Crippen molar-refractivity contribution in [3.05, 3.63) is 52.7 Å². The van der Waals surface area contributed by atoms with Crippen LogP contribution in [-0.4, -0.2) is 58.3 Å². The normalized spacial score (nSPS) is 17.9. The first-order chi connectivity index (χ1) is 15.4. The lowest BCUT2D eigenvalue weighted by atomic mass is 10.0. The first-order valence-corrected chi connectivity index (χ1v) is 11.3. The standard InChI is InChI=1S/C24H30FN5O2/c1-16(31)29-13-11-21-20(15-29)24(26-2)28-23(27-21)18-10-12-30(14-18)22(32)5-3-4-17-6-8-19(25)9-7-17/h6-9,18H,3-5,10-15H2,1-2H3,(H,26,27,28)/t18-/m0/s1. The van der Waals surface area contributed by atoms with E-state index in [1.807, 2.05) is 16.8 Å². The van der Waals surface area contributed by atoms with E-state index in [4.69, 9.17) is 9.97 Å². The molecule has 0 unspecified atom stereocenters. The third-order valence-electron chi connectivity index (χ3n) is 6.44. The van der Waals surface area contributed by atoms with E-state index in [-0.39, 0.29) is 23.5 Å². The highest BCUT2D eigenvalue weighted by molar-refractivity contribution is 5.76. The van der Waals surface area contributed by atoms with Crippen LogP contribution in [0.3, 0.4) is 0 Å². The minimum atomic E-state index is -0.241. The Morgan fingerprint density at radius 2 is 1.94 bits per heavy atom. The van der Waals surface area contributed by atoms with Crippen LogP contribution in [0.1, 0.15) is 54.7 Å². The Kier molecular flexibility index (Phi) is 6.67.